The molecule has 0 spiro atoms. The Kier molecular flexibility index (Phi) is 5.33. The molecule has 1 aliphatic heterocycles. The smallest absolute Gasteiger partial charge is 0.121 e. The molecule has 1 saturated carbocycles. The molecule has 2 fully saturated rings. The topological polar surface area (TPSA) is 59.2 Å². The highest BCUT2D eigenvalue weighted by atomic mass is 16.5. The van der Waals surface area contributed by atoms with Crippen molar-refractivity contribution in [2.75, 3.05) is 18.5 Å². The van der Waals surface area contributed by atoms with Crippen molar-refractivity contribution in [3.8, 4) is 23.1 Å². The first kappa shape index (κ1) is 20.0. The van der Waals surface area contributed by atoms with E-state index in [0.29, 0.717) is 18.7 Å². The summed E-state index contributed by atoms with van der Waals surface area (Å²) >= 11 is 0. The van der Waals surface area contributed by atoms with Gasteiger partial charge in [-0.2, -0.15) is 5.26 Å². The number of rotatable bonds is 7. The molecule has 31 heavy (non-hydrogen) atoms. The van der Waals surface area contributed by atoms with Crippen molar-refractivity contribution in [2.24, 2.45) is 0 Å². The molecule has 3 aromatic rings. The first-order chi connectivity index (χ1) is 15.1. The minimum absolute atomic E-state index is 0.189. The summed E-state index contributed by atoms with van der Waals surface area (Å²) in [6, 6.07) is 17.9. The Morgan fingerprint density at radius 1 is 1.16 bits per heavy atom. The Morgan fingerprint density at radius 2 is 1.97 bits per heavy atom. The van der Waals surface area contributed by atoms with Crippen LogP contribution < -0.4 is 10.1 Å². The van der Waals surface area contributed by atoms with Gasteiger partial charge < -0.3 is 19.4 Å². The van der Waals surface area contributed by atoms with E-state index in [9.17, 15) is 5.26 Å². The summed E-state index contributed by atoms with van der Waals surface area (Å²) in [7, 11) is 0. The number of nitrogens with zero attached hydrogens (tertiary/aromatic N) is 2. The summed E-state index contributed by atoms with van der Waals surface area (Å²) in [5.74, 6) is 0.843. The second-order valence-electron chi connectivity index (χ2n) is 8.94. The summed E-state index contributed by atoms with van der Waals surface area (Å²) in [6.07, 6.45) is 4.66. The molecule has 0 radical (unpaired) electrons. The van der Waals surface area contributed by atoms with Gasteiger partial charge in [0, 0.05) is 35.8 Å². The van der Waals surface area contributed by atoms with Crippen LogP contribution in [-0.2, 0) is 4.74 Å². The summed E-state index contributed by atoms with van der Waals surface area (Å²) in [5.41, 5.74) is 5.03. The number of benzene rings is 2. The number of aromatic nitrogens is 1. The molecule has 2 aromatic carbocycles. The van der Waals surface area contributed by atoms with E-state index < -0.39 is 0 Å². The average molecular weight is 416 g/mol. The predicted octanol–water partition coefficient (Wildman–Crippen LogP) is 5.89. The highest BCUT2D eigenvalue weighted by Gasteiger charge is 2.31. The lowest BCUT2D eigenvalue weighted by Crippen LogP contribution is -2.16. The Bertz CT molecular complexity index is 1110. The van der Waals surface area contributed by atoms with Crippen molar-refractivity contribution in [1.82, 2.24) is 4.57 Å². The largest absolute Gasteiger partial charge is 0.491 e. The van der Waals surface area contributed by atoms with Gasteiger partial charge in [0.1, 0.15) is 18.4 Å². The van der Waals surface area contributed by atoms with Gasteiger partial charge in [-0.3, -0.25) is 0 Å². The van der Waals surface area contributed by atoms with Crippen molar-refractivity contribution >= 4 is 16.6 Å². The van der Waals surface area contributed by atoms with Crippen molar-refractivity contribution in [3.05, 3.63) is 48.0 Å². The van der Waals surface area contributed by atoms with Gasteiger partial charge in [-0.05, 0) is 69.4 Å². The average Bonchev–Trinajstić information content (AvgIpc) is 3.36. The van der Waals surface area contributed by atoms with E-state index in [1.54, 1.807) is 0 Å². The van der Waals surface area contributed by atoms with Crippen LogP contribution in [0, 0.1) is 11.3 Å². The zero-order chi connectivity index (χ0) is 21.4. The van der Waals surface area contributed by atoms with Crippen molar-refractivity contribution in [3.63, 3.8) is 0 Å². The third-order valence-electron chi connectivity index (χ3n) is 6.07. The fourth-order valence-corrected chi connectivity index (χ4v) is 4.51. The quantitative estimate of drug-likeness (QED) is 0.522. The molecule has 2 aliphatic rings. The van der Waals surface area contributed by atoms with Crippen molar-refractivity contribution in [2.45, 2.75) is 57.7 Å². The fourth-order valence-electron chi connectivity index (χ4n) is 4.51. The van der Waals surface area contributed by atoms with Crippen LogP contribution in [0.4, 0.5) is 5.69 Å². The van der Waals surface area contributed by atoms with E-state index in [1.165, 1.54) is 0 Å². The maximum Gasteiger partial charge on any atom is 0.121 e. The van der Waals surface area contributed by atoms with E-state index in [2.05, 4.69) is 60.1 Å². The highest BCUT2D eigenvalue weighted by Crippen LogP contribution is 2.45. The SMILES string of the molecule is CC(C)Nc1ccc(-c2c(C#N)c3ccc(OCC4CCCO4)cc3n2C2CC2)cc1. The van der Waals surface area contributed by atoms with E-state index in [0.717, 1.165) is 71.5 Å². The molecule has 5 heteroatoms. The number of ether oxygens (including phenoxy) is 2. The first-order valence-corrected chi connectivity index (χ1v) is 11.3. The molecule has 1 atom stereocenters. The molecule has 1 unspecified atom stereocenters. The van der Waals surface area contributed by atoms with E-state index in [1.807, 2.05) is 12.1 Å². The molecule has 1 aliphatic carbocycles. The second kappa shape index (κ2) is 8.28. The van der Waals surface area contributed by atoms with Crippen molar-refractivity contribution < 1.29 is 9.47 Å². The van der Waals surface area contributed by atoms with Gasteiger partial charge in [-0.15, -0.1) is 0 Å². The van der Waals surface area contributed by atoms with Gasteiger partial charge in [-0.1, -0.05) is 12.1 Å². The van der Waals surface area contributed by atoms with Gasteiger partial charge in [-0.25, -0.2) is 0 Å². The van der Waals surface area contributed by atoms with Gasteiger partial charge in [0.15, 0.2) is 0 Å². The summed E-state index contributed by atoms with van der Waals surface area (Å²) in [5, 5.41) is 14.5. The van der Waals surface area contributed by atoms with E-state index in [4.69, 9.17) is 9.47 Å². The standard InChI is InChI=1S/C26H29N3O2/c1-17(2)28-19-7-5-18(6-8-19)26-24(15-27)23-12-11-21(31-16-22-4-3-13-30-22)14-25(23)29(26)20-9-10-20/h5-8,11-12,14,17,20,22,28H,3-4,9-10,13,16H2,1-2H3. The lowest BCUT2D eigenvalue weighted by Gasteiger charge is -2.14. The van der Waals surface area contributed by atoms with E-state index in [-0.39, 0.29) is 6.10 Å². The predicted molar refractivity (Wildman–Crippen MR) is 124 cm³/mol. The van der Waals surface area contributed by atoms with Crippen molar-refractivity contribution in [1.29, 1.82) is 5.26 Å². The number of nitrogens with one attached hydrogen (secondary N) is 1. The maximum atomic E-state index is 10.1. The van der Waals surface area contributed by atoms with Crippen LogP contribution >= 0.6 is 0 Å². The monoisotopic (exact) mass is 415 g/mol. The van der Waals surface area contributed by atoms with Crippen LogP contribution in [0.5, 0.6) is 5.75 Å². The number of anilines is 1. The van der Waals surface area contributed by atoms with Crippen LogP contribution in [0.2, 0.25) is 0 Å². The molecule has 0 amide bonds. The summed E-state index contributed by atoms with van der Waals surface area (Å²) in [4.78, 5) is 0. The van der Waals surface area contributed by atoms with Gasteiger partial charge in [0.25, 0.3) is 0 Å². The minimum atomic E-state index is 0.189. The van der Waals surface area contributed by atoms with Crippen LogP contribution in [0.15, 0.2) is 42.5 Å². The number of hydrogen-bond acceptors (Lipinski definition) is 4. The number of hydrogen-bond donors (Lipinski definition) is 1. The molecule has 5 nitrogen and oxygen atoms in total. The van der Waals surface area contributed by atoms with Crippen LogP contribution in [0.1, 0.15) is 51.1 Å². The zero-order valence-corrected chi connectivity index (χ0v) is 18.2. The number of fused-ring (bicyclic) bond motifs is 1. The van der Waals surface area contributed by atoms with Gasteiger partial charge in [0.05, 0.1) is 22.9 Å². The third kappa shape index (κ3) is 4.00. The Morgan fingerprint density at radius 3 is 2.61 bits per heavy atom. The van der Waals surface area contributed by atoms with Crippen LogP contribution in [0.3, 0.4) is 0 Å². The van der Waals surface area contributed by atoms with Crippen LogP contribution in [-0.4, -0.2) is 29.9 Å². The molecular weight excluding hydrogens is 386 g/mol. The highest BCUT2D eigenvalue weighted by molar-refractivity contribution is 5.95. The molecule has 2 heterocycles. The molecule has 5 rings (SSSR count). The summed E-state index contributed by atoms with van der Waals surface area (Å²) in [6.45, 7) is 5.67. The molecule has 1 N–H and O–H groups in total. The molecule has 1 aromatic heterocycles. The molecule has 0 bridgehead atoms. The normalized spacial score (nSPS) is 18.5. The van der Waals surface area contributed by atoms with Gasteiger partial charge in [0.2, 0.25) is 0 Å². The Balaban J connectivity index is 1.54. The number of nitriles is 1. The lowest BCUT2D eigenvalue weighted by atomic mass is 10.1. The van der Waals surface area contributed by atoms with Gasteiger partial charge >= 0.3 is 0 Å². The third-order valence-corrected chi connectivity index (χ3v) is 6.07. The maximum absolute atomic E-state index is 10.1. The Hall–Kier alpha value is -2.97. The first-order valence-electron chi connectivity index (χ1n) is 11.3. The molecule has 1 saturated heterocycles. The summed E-state index contributed by atoms with van der Waals surface area (Å²) < 4.78 is 14.1. The van der Waals surface area contributed by atoms with Crippen LogP contribution in [0.25, 0.3) is 22.2 Å². The molecule has 160 valence electrons. The zero-order valence-electron chi connectivity index (χ0n) is 18.2. The second-order valence-corrected chi connectivity index (χ2v) is 8.94. The van der Waals surface area contributed by atoms with E-state index >= 15 is 0 Å². The Labute approximate surface area is 183 Å². The lowest BCUT2D eigenvalue weighted by molar-refractivity contribution is 0.0680. The fraction of sp³-hybridized carbons (Fsp3) is 0.423. The minimum Gasteiger partial charge on any atom is -0.491 e. The molecular formula is C26H29N3O2.